The lowest BCUT2D eigenvalue weighted by atomic mass is 9.84. The quantitative estimate of drug-likeness (QED) is 0.502. The number of methoxy groups -OCH3 is 2. The van der Waals surface area contributed by atoms with Crippen molar-refractivity contribution in [3.63, 3.8) is 0 Å². The number of hydrogen-bond acceptors (Lipinski definition) is 4. The first-order valence-electron chi connectivity index (χ1n) is 10.8. The van der Waals surface area contributed by atoms with Crippen LogP contribution in [0.15, 0.2) is 23.2 Å². The monoisotopic (exact) mass is 418 g/mol. The largest absolute Gasteiger partial charge is 0.493 e. The van der Waals surface area contributed by atoms with Gasteiger partial charge in [-0.3, -0.25) is 9.79 Å². The number of carbonyl (C=O) groups excluding carboxylic acids is 1. The van der Waals surface area contributed by atoms with Crippen LogP contribution in [0.5, 0.6) is 11.5 Å². The summed E-state index contributed by atoms with van der Waals surface area (Å²) in [5, 5.41) is 6.84. The van der Waals surface area contributed by atoms with E-state index in [-0.39, 0.29) is 23.3 Å². The van der Waals surface area contributed by atoms with Crippen molar-refractivity contribution in [1.29, 1.82) is 0 Å². The normalized spacial score (nSPS) is 17.3. The van der Waals surface area contributed by atoms with Gasteiger partial charge >= 0.3 is 0 Å². The maximum absolute atomic E-state index is 12.2. The first-order valence-corrected chi connectivity index (χ1v) is 10.8. The molecule has 1 aromatic carbocycles. The maximum atomic E-state index is 12.2. The molecule has 168 valence electrons. The first-order chi connectivity index (χ1) is 14.2. The van der Waals surface area contributed by atoms with Crippen LogP contribution >= 0.6 is 0 Å². The van der Waals surface area contributed by atoms with Gasteiger partial charge < -0.3 is 25.0 Å². The van der Waals surface area contributed by atoms with Gasteiger partial charge in [0.05, 0.1) is 20.8 Å². The van der Waals surface area contributed by atoms with Crippen LogP contribution in [0.2, 0.25) is 0 Å². The van der Waals surface area contributed by atoms with Crippen LogP contribution in [0.25, 0.3) is 0 Å². The van der Waals surface area contributed by atoms with Crippen LogP contribution in [0.3, 0.4) is 0 Å². The molecule has 7 heteroatoms. The Balaban J connectivity index is 2.07. The van der Waals surface area contributed by atoms with Gasteiger partial charge in [0.25, 0.3) is 0 Å². The van der Waals surface area contributed by atoms with Crippen LogP contribution in [0.1, 0.15) is 46.6 Å². The fourth-order valence-corrected chi connectivity index (χ4v) is 3.58. The molecule has 30 heavy (non-hydrogen) atoms. The van der Waals surface area contributed by atoms with Crippen LogP contribution < -0.4 is 20.1 Å². The number of hydrogen-bond donors (Lipinski definition) is 2. The lowest BCUT2D eigenvalue weighted by molar-refractivity contribution is -0.133. The van der Waals surface area contributed by atoms with Crippen molar-refractivity contribution in [3.8, 4) is 11.5 Å². The molecule has 2 rings (SSSR count). The molecule has 0 bridgehead atoms. The van der Waals surface area contributed by atoms with Crippen molar-refractivity contribution in [2.75, 3.05) is 40.4 Å². The highest BCUT2D eigenvalue weighted by molar-refractivity contribution is 5.81. The van der Waals surface area contributed by atoms with Crippen molar-refractivity contribution in [1.82, 2.24) is 15.5 Å². The number of guanidine groups is 1. The van der Waals surface area contributed by atoms with Gasteiger partial charge in [0.15, 0.2) is 17.5 Å². The second-order valence-electron chi connectivity index (χ2n) is 8.72. The number of nitrogens with zero attached hydrogens (tertiary/aromatic N) is 2. The lowest BCUT2D eigenvalue weighted by Gasteiger charge is -2.25. The third kappa shape index (κ3) is 6.03. The summed E-state index contributed by atoms with van der Waals surface area (Å²) in [6.45, 7) is 13.2. The van der Waals surface area contributed by atoms with E-state index >= 15 is 0 Å². The molecule has 2 N–H and O–H groups in total. The molecule has 1 atom stereocenters. The lowest BCUT2D eigenvalue weighted by Crippen LogP contribution is -2.45. The number of amides is 1. The van der Waals surface area contributed by atoms with Crippen LogP contribution in [-0.2, 0) is 10.2 Å². The number of aliphatic imine (C=N–C) groups is 1. The SMILES string of the molecule is CCNC(=NCC(C)(C)c1ccc(OC)c(OC)c1)NC1CCN(C(=O)C(C)C)C1. The second-order valence-corrected chi connectivity index (χ2v) is 8.72. The summed E-state index contributed by atoms with van der Waals surface area (Å²) in [7, 11) is 3.29. The van der Waals surface area contributed by atoms with E-state index in [2.05, 4.69) is 37.5 Å². The molecule has 0 radical (unpaired) electrons. The third-order valence-corrected chi connectivity index (χ3v) is 5.48. The minimum absolute atomic E-state index is 0.0351. The number of nitrogens with one attached hydrogen (secondary N) is 2. The van der Waals surface area contributed by atoms with E-state index in [0.717, 1.165) is 49.1 Å². The van der Waals surface area contributed by atoms with Crippen LogP contribution in [0, 0.1) is 5.92 Å². The average molecular weight is 419 g/mol. The Morgan fingerprint density at radius 3 is 2.57 bits per heavy atom. The highest BCUT2D eigenvalue weighted by Gasteiger charge is 2.28. The van der Waals surface area contributed by atoms with Gasteiger partial charge in [-0.1, -0.05) is 33.8 Å². The van der Waals surface area contributed by atoms with Gasteiger partial charge in [-0.2, -0.15) is 0 Å². The van der Waals surface area contributed by atoms with Crippen LogP contribution in [0.4, 0.5) is 0 Å². The Labute approximate surface area is 181 Å². The maximum Gasteiger partial charge on any atom is 0.225 e. The summed E-state index contributed by atoms with van der Waals surface area (Å²) < 4.78 is 10.8. The Kier molecular flexibility index (Phi) is 8.38. The van der Waals surface area contributed by atoms with Crippen LogP contribution in [-0.4, -0.2) is 63.2 Å². The van der Waals surface area contributed by atoms with Crippen molar-refractivity contribution >= 4 is 11.9 Å². The number of ether oxygens (including phenoxy) is 2. The van der Waals surface area contributed by atoms with E-state index in [0.29, 0.717) is 6.54 Å². The standard InChI is InChI=1S/C23H38N4O3/c1-8-24-22(26-18-11-12-27(14-18)21(28)16(2)3)25-15-23(4,5)17-9-10-19(29-6)20(13-17)30-7/h9-10,13,16,18H,8,11-12,14-15H2,1-7H3,(H2,24,25,26). The molecular weight excluding hydrogens is 380 g/mol. The molecule has 1 unspecified atom stereocenters. The molecule has 1 aliphatic rings. The summed E-state index contributed by atoms with van der Waals surface area (Å²) in [5.74, 6) is 2.48. The van der Waals surface area contributed by atoms with Gasteiger partial charge in [-0.25, -0.2) is 0 Å². The third-order valence-electron chi connectivity index (χ3n) is 5.48. The number of carbonyl (C=O) groups is 1. The Morgan fingerprint density at radius 1 is 1.27 bits per heavy atom. The molecule has 1 aromatic rings. The second kappa shape index (κ2) is 10.5. The number of likely N-dealkylation sites (tertiary alicyclic amines) is 1. The minimum atomic E-state index is -0.183. The highest BCUT2D eigenvalue weighted by Crippen LogP contribution is 2.33. The van der Waals surface area contributed by atoms with Crippen molar-refractivity contribution in [2.24, 2.45) is 10.9 Å². The fourth-order valence-electron chi connectivity index (χ4n) is 3.58. The van der Waals surface area contributed by atoms with E-state index in [9.17, 15) is 4.79 Å². The summed E-state index contributed by atoms with van der Waals surface area (Å²) in [5.41, 5.74) is 0.950. The number of benzene rings is 1. The molecule has 1 fully saturated rings. The summed E-state index contributed by atoms with van der Waals surface area (Å²) in [4.78, 5) is 19.0. The predicted molar refractivity (Wildman–Crippen MR) is 122 cm³/mol. The molecule has 1 amide bonds. The van der Waals surface area contributed by atoms with Crippen molar-refractivity contribution in [2.45, 2.75) is 52.5 Å². The van der Waals surface area contributed by atoms with Gasteiger partial charge in [-0.05, 0) is 31.0 Å². The van der Waals surface area contributed by atoms with E-state index in [1.165, 1.54) is 0 Å². The van der Waals surface area contributed by atoms with E-state index in [1.54, 1.807) is 14.2 Å². The molecule has 1 aliphatic heterocycles. The smallest absolute Gasteiger partial charge is 0.225 e. The zero-order valence-electron chi connectivity index (χ0n) is 19.5. The van der Waals surface area contributed by atoms with Gasteiger partial charge in [0.2, 0.25) is 5.91 Å². The van der Waals surface area contributed by atoms with Crippen molar-refractivity contribution in [3.05, 3.63) is 23.8 Å². The molecule has 0 spiro atoms. The molecule has 0 saturated carbocycles. The van der Waals surface area contributed by atoms with E-state index < -0.39 is 0 Å². The summed E-state index contributed by atoms with van der Waals surface area (Å²) in [6, 6.07) is 6.22. The average Bonchev–Trinajstić information content (AvgIpc) is 3.19. The highest BCUT2D eigenvalue weighted by atomic mass is 16.5. The molecule has 0 aromatic heterocycles. The Hall–Kier alpha value is -2.44. The summed E-state index contributed by atoms with van der Waals surface area (Å²) in [6.07, 6.45) is 0.932. The zero-order chi connectivity index (χ0) is 22.3. The molecule has 1 heterocycles. The minimum Gasteiger partial charge on any atom is -0.493 e. The Bertz CT molecular complexity index is 746. The van der Waals surface area contributed by atoms with Gasteiger partial charge in [0.1, 0.15) is 0 Å². The fraction of sp³-hybridized carbons (Fsp3) is 0.652. The van der Waals surface area contributed by atoms with Gasteiger partial charge in [-0.15, -0.1) is 0 Å². The van der Waals surface area contributed by atoms with Crippen molar-refractivity contribution < 1.29 is 14.3 Å². The van der Waals surface area contributed by atoms with E-state index in [1.807, 2.05) is 30.9 Å². The zero-order valence-corrected chi connectivity index (χ0v) is 19.5. The first kappa shape index (κ1) is 23.8. The molecule has 1 saturated heterocycles. The number of rotatable bonds is 8. The summed E-state index contributed by atoms with van der Waals surface area (Å²) >= 11 is 0. The molecule has 7 nitrogen and oxygen atoms in total. The molecular formula is C23H38N4O3. The molecule has 0 aliphatic carbocycles. The predicted octanol–water partition coefficient (Wildman–Crippen LogP) is 2.79. The topological polar surface area (TPSA) is 75.2 Å². The van der Waals surface area contributed by atoms with Gasteiger partial charge in [0, 0.05) is 37.0 Å². The van der Waals surface area contributed by atoms with E-state index in [4.69, 9.17) is 14.5 Å². The Morgan fingerprint density at radius 2 is 1.97 bits per heavy atom.